The Morgan fingerprint density at radius 2 is 1.50 bits per heavy atom. The predicted octanol–water partition coefficient (Wildman–Crippen LogP) is 2.84. The number of rotatable bonds is 6. The monoisotopic (exact) mass is 536 g/mol. The Labute approximate surface area is 223 Å². The van der Waals surface area contributed by atoms with Crippen LogP contribution in [0.15, 0.2) is 76.4 Å². The number of aromatic amines is 1. The minimum Gasteiger partial charge on any atom is -0.405 e. The molecule has 1 aromatic heterocycles. The highest BCUT2D eigenvalue weighted by Gasteiger charge is 2.58. The molecule has 0 bridgehead atoms. The van der Waals surface area contributed by atoms with Crippen molar-refractivity contribution >= 4 is 18.7 Å². The fourth-order valence-corrected chi connectivity index (χ4v) is 10.3. The lowest BCUT2D eigenvalue weighted by Crippen LogP contribution is -2.67. The van der Waals surface area contributed by atoms with E-state index < -0.39 is 49.9 Å². The topological polar surface area (TPSA) is 91.8 Å². The van der Waals surface area contributed by atoms with Crippen LogP contribution in [0.25, 0.3) is 0 Å². The number of fused-ring (bicyclic) bond motifs is 1. The third-order valence-electron chi connectivity index (χ3n) is 7.43. The molecule has 0 aliphatic carbocycles. The van der Waals surface area contributed by atoms with Gasteiger partial charge >= 0.3 is 5.69 Å². The Balaban J connectivity index is 1.53. The van der Waals surface area contributed by atoms with Crippen molar-refractivity contribution in [3.8, 4) is 0 Å². The molecular weight excluding hydrogens is 500 g/mol. The summed E-state index contributed by atoms with van der Waals surface area (Å²) in [5.74, 6) is -0.853. The number of aryl methyl sites for hydroxylation is 1. The number of nitrogens with one attached hydrogen (secondary N) is 1. The van der Waals surface area contributed by atoms with E-state index in [1.807, 2.05) is 26.0 Å². The Morgan fingerprint density at radius 3 is 2.05 bits per heavy atom. The molecule has 0 amide bonds. The molecule has 202 valence electrons. The van der Waals surface area contributed by atoms with Gasteiger partial charge in [-0.15, -0.1) is 0 Å². The molecule has 3 aromatic rings. The van der Waals surface area contributed by atoms with Crippen molar-refractivity contribution < 1.29 is 18.6 Å². The molecule has 5 rings (SSSR count). The van der Waals surface area contributed by atoms with Gasteiger partial charge in [-0.2, -0.15) is 0 Å². The molecule has 8 nitrogen and oxygen atoms in total. The molecule has 0 radical (unpaired) electrons. The maximum atomic E-state index is 12.8. The van der Waals surface area contributed by atoms with Gasteiger partial charge in [-0.3, -0.25) is 14.3 Å². The third kappa shape index (κ3) is 4.63. The first-order valence-electron chi connectivity index (χ1n) is 13.0. The van der Waals surface area contributed by atoms with E-state index in [1.165, 1.54) is 21.1 Å². The first-order chi connectivity index (χ1) is 17.9. The van der Waals surface area contributed by atoms with Crippen LogP contribution in [0.1, 0.15) is 46.4 Å². The predicted molar refractivity (Wildman–Crippen MR) is 147 cm³/mol. The van der Waals surface area contributed by atoms with E-state index in [9.17, 15) is 9.59 Å². The summed E-state index contributed by atoms with van der Waals surface area (Å²) in [7, 11) is -2.82. The Hall–Kier alpha value is -2.82. The quantitative estimate of drug-likeness (QED) is 0.487. The number of nitrogens with zero attached hydrogens (tertiary/aromatic N) is 1. The van der Waals surface area contributed by atoms with E-state index in [4.69, 9.17) is 18.6 Å². The summed E-state index contributed by atoms with van der Waals surface area (Å²) in [6.07, 6.45) is -0.735. The Kier molecular flexibility index (Phi) is 6.86. The number of ether oxygens (including phenoxy) is 3. The molecule has 2 aliphatic heterocycles. The molecule has 0 spiro atoms. The molecular formula is C29H36N2O6Si. The van der Waals surface area contributed by atoms with E-state index in [0.717, 1.165) is 0 Å². The van der Waals surface area contributed by atoms with Crippen LogP contribution < -0.4 is 21.6 Å². The van der Waals surface area contributed by atoms with E-state index in [1.54, 1.807) is 6.92 Å². The zero-order chi connectivity index (χ0) is 27.3. The van der Waals surface area contributed by atoms with Gasteiger partial charge in [0.15, 0.2) is 12.0 Å². The van der Waals surface area contributed by atoms with Crippen LogP contribution >= 0.6 is 0 Å². The van der Waals surface area contributed by atoms with Crippen LogP contribution in [0.4, 0.5) is 0 Å². The lowest BCUT2D eigenvalue weighted by molar-refractivity contribution is -0.200. The molecule has 0 saturated carbocycles. The van der Waals surface area contributed by atoms with E-state index >= 15 is 0 Å². The smallest absolute Gasteiger partial charge is 0.330 e. The summed E-state index contributed by atoms with van der Waals surface area (Å²) < 4.78 is 27.5. The molecule has 1 N–H and O–H groups in total. The molecule has 0 unspecified atom stereocenters. The highest BCUT2D eigenvalue weighted by Crippen LogP contribution is 2.44. The van der Waals surface area contributed by atoms with Gasteiger partial charge in [-0.25, -0.2) is 4.79 Å². The van der Waals surface area contributed by atoms with Gasteiger partial charge in [-0.05, 0) is 36.2 Å². The fraction of sp³-hybridized carbons (Fsp3) is 0.448. The average molecular weight is 537 g/mol. The second-order valence-electron chi connectivity index (χ2n) is 11.6. The maximum absolute atomic E-state index is 12.8. The second kappa shape index (κ2) is 9.73. The largest absolute Gasteiger partial charge is 0.405 e. The Bertz CT molecular complexity index is 1360. The zero-order valence-corrected chi connectivity index (χ0v) is 23.8. The Morgan fingerprint density at radius 1 is 0.947 bits per heavy atom. The highest BCUT2D eigenvalue weighted by molar-refractivity contribution is 6.99. The van der Waals surface area contributed by atoms with Gasteiger partial charge in [0.1, 0.15) is 18.3 Å². The van der Waals surface area contributed by atoms with Crippen molar-refractivity contribution in [2.45, 2.75) is 76.9 Å². The minimum absolute atomic E-state index is 0.202. The van der Waals surface area contributed by atoms with Gasteiger partial charge in [0, 0.05) is 11.8 Å². The molecule has 2 fully saturated rings. The van der Waals surface area contributed by atoms with Crippen molar-refractivity contribution in [3.05, 3.63) is 93.3 Å². The summed E-state index contributed by atoms with van der Waals surface area (Å²) in [5.41, 5.74) is -0.558. The van der Waals surface area contributed by atoms with Crippen LogP contribution in [-0.2, 0) is 18.6 Å². The highest BCUT2D eigenvalue weighted by atomic mass is 28.4. The molecule has 4 atom stereocenters. The molecule has 3 heterocycles. The van der Waals surface area contributed by atoms with E-state index in [0.29, 0.717) is 5.56 Å². The lowest BCUT2D eigenvalue weighted by Gasteiger charge is -2.43. The maximum Gasteiger partial charge on any atom is 0.330 e. The SMILES string of the molecule is Cc1cn([C@@H]2O[C@H](CO[Si](c3ccccc3)(c3ccccc3)C(C)(C)C)[C@H]3OC(C)(C)O[C@H]32)c(=O)[nH]c1=O. The third-order valence-corrected chi connectivity index (χ3v) is 12.4. The van der Waals surface area contributed by atoms with Crippen molar-refractivity contribution in [2.75, 3.05) is 6.61 Å². The molecule has 38 heavy (non-hydrogen) atoms. The number of hydrogen-bond donors (Lipinski definition) is 1. The summed E-state index contributed by atoms with van der Waals surface area (Å²) >= 11 is 0. The summed E-state index contributed by atoms with van der Waals surface area (Å²) in [6, 6.07) is 20.8. The normalized spacial score (nSPS) is 24.9. The summed E-state index contributed by atoms with van der Waals surface area (Å²) in [4.78, 5) is 27.1. The van der Waals surface area contributed by atoms with Crippen molar-refractivity contribution in [2.24, 2.45) is 0 Å². The minimum atomic E-state index is -2.82. The first kappa shape index (κ1) is 26.8. The van der Waals surface area contributed by atoms with Crippen molar-refractivity contribution in [1.82, 2.24) is 9.55 Å². The van der Waals surface area contributed by atoms with Gasteiger partial charge in [0.05, 0.1) is 6.61 Å². The number of aromatic nitrogens is 2. The summed E-state index contributed by atoms with van der Waals surface area (Å²) in [6.45, 7) is 12.3. The molecule has 9 heteroatoms. The van der Waals surface area contributed by atoms with E-state index in [-0.39, 0.29) is 11.6 Å². The van der Waals surface area contributed by atoms with Gasteiger partial charge < -0.3 is 18.6 Å². The van der Waals surface area contributed by atoms with Gasteiger partial charge in [-0.1, -0.05) is 81.4 Å². The second-order valence-corrected chi connectivity index (χ2v) is 15.9. The van der Waals surface area contributed by atoms with Crippen molar-refractivity contribution in [1.29, 1.82) is 0 Å². The first-order valence-corrected chi connectivity index (χ1v) is 14.9. The number of H-pyrrole nitrogens is 1. The van der Waals surface area contributed by atoms with Crippen LogP contribution in [0.3, 0.4) is 0 Å². The lowest BCUT2D eigenvalue weighted by atomic mass is 10.1. The zero-order valence-electron chi connectivity index (χ0n) is 22.8. The van der Waals surface area contributed by atoms with Crippen LogP contribution in [0.5, 0.6) is 0 Å². The fourth-order valence-electron chi connectivity index (χ4n) is 5.76. The molecule has 2 aliphatic rings. The van der Waals surface area contributed by atoms with Crippen LogP contribution in [0.2, 0.25) is 5.04 Å². The van der Waals surface area contributed by atoms with Gasteiger partial charge in [0.2, 0.25) is 0 Å². The van der Waals surface area contributed by atoms with Crippen LogP contribution in [0, 0.1) is 6.92 Å². The molecule has 2 aromatic carbocycles. The number of hydrogen-bond acceptors (Lipinski definition) is 6. The van der Waals surface area contributed by atoms with E-state index in [2.05, 4.69) is 74.3 Å². The van der Waals surface area contributed by atoms with Crippen LogP contribution in [-0.4, -0.2) is 48.6 Å². The van der Waals surface area contributed by atoms with Gasteiger partial charge in [0.25, 0.3) is 13.9 Å². The average Bonchev–Trinajstić information content (AvgIpc) is 3.35. The summed E-state index contributed by atoms with van der Waals surface area (Å²) in [5, 5.41) is 2.13. The number of benzene rings is 2. The standard InChI is InChI=1S/C29H36N2O6Si/c1-19-17-31(27(33)30-25(19)32)26-24-23(36-29(5,6)37-24)22(35-26)18-34-38(28(2,3)4,20-13-9-7-10-14-20)21-15-11-8-12-16-21/h7-17,22-24,26H,18H2,1-6H3,(H,30,32,33)/t22-,23-,24-,26-/m1/s1. The molecule has 2 saturated heterocycles. The van der Waals surface area contributed by atoms with Crippen molar-refractivity contribution in [3.63, 3.8) is 0 Å².